The maximum atomic E-state index is 13.6. The van der Waals surface area contributed by atoms with Gasteiger partial charge in [0.2, 0.25) is 5.88 Å². The smallest absolute Gasteiger partial charge is 0.255 e. The Hall–Kier alpha value is -3.57. The van der Waals surface area contributed by atoms with Gasteiger partial charge in [0, 0.05) is 6.04 Å². The van der Waals surface area contributed by atoms with Crippen molar-refractivity contribution >= 4 is 17.5 Å². The Morgan fingerprint density at radius 3 is 2.26 bits per heavy atom. The molecule has 1 heterocycles. The molecule has 1 amide bonds. The zero-order chi connectivity index (χ0) is 24.1. The second-order valence-corrected chi connectivity index (χ2v) is 8.61. The van der Waals surface area contributed by atoms with Crippen LogP contribution in [0.5, 0.6) is 11.6 Å². The molecule has 0 radical (unpaired) electrons. The van der Waals surface area contributed by atoms with Crippen molar-refractivity contribution in [3.63, 3.8) is 0 Å². The quantitative estimate of drug-likeness (QED) is 0.275. The Morgan fingerprint density at radius 1 is 1.00 bits per heavy atom. The zero-order valence-electron chi connectivity index (χ0n) is 19.6. The van der Waals surface area contributed by atoms with Crippen molar-refractivity contribution in [2.24, 2.45) is 0 Å². The lowest BCUT2D eigenvalue weighted by Crippen LogP contribution is -2.38. The van der Waals surface area contributed by atoms with Gasteiger partial charge < -0.3 is 9.64 Å². The molecule has 4 rings (SSSR count). The van der Waals surface area contributed by atoms with E-state index >= 15 is 0 Å². The van der Waals surface area contributed by atoms with Crippen LogP contribution in [0.25, 0.3) is 5.69 Å². The van der Waals surface area contributed by atoms with E-state index in [1.54, 1.807) is 16.8 Å². The van der Waals surface area contributed by atoms with E-state index in [-0.39, 0.29) is 11.9 Å². The molecule has 174 valence electrons. The summed E-state index contributed by atoms with van der Waals surface area (Å²) in [6, 6.07) is 26.6. The average Bonchev–Trinajstić information content (AvgIpc) is 3.17. The minimum Gasteiger partial charge on any atom is -0.439 e. The second kappa shape index (κ2) is 10.6. The average molecular weight is 474 g/mol. The van der Waals surface area contributed by atoms with Gasteiger partial charge in [0.1, 0.15) is 5.75 Å². The number of halogens is 1. The number of benzene rings is 3. The normalized spacial score (nSPS) is 11.8. The molecule has 6 heteroatoms. The number of carbonyl (C=O) groups excluding carboxylic acids is 1. The van der Waals surface area contributed by atoms with Crippen molar-refractivity contribution in [1.82, 2.24) is 14.7 Å². The van der Waals surface area contributed by atoms with E-state index in [4.69, 9.17) is 21.4 Å². The van der Waals surface area contributed by atoms with Gasteiger partial charge in [-0.1, -0.05) is 67.1 Å². The fourth-order valence-corrected chi connectivity index (χ4v) is 3.99. The second-order valence-electron chi connectivity index (χ2n) is 8.20. The summed E-state index contributed by atoms with van der Waals surface area (Å²) in [4.78, 5) is 15.4. The van der Waals surface area contributed by atoms with Crippen molar-refractivity contribution in [3.05, 3.63) is 107 Å². The molecule has 5 nitrogen and oxygen atoms in total. The molecular weight excluding hydrogens is 446 g/mol. The first-order valence-electron chi connectivity index (χ1n) is 11.4. The maximum absolute atomic E-state index is 13.6. The zero-order valence-corrected chi connectivity index (χ0v) is 20.4. The first-order valence-corrected chi connectivity index (χ1v) is 11.8. The maximum Gasteiger partial charge on any atom is 0.255 e. The number of hydrogen-bond donors (Lipinski definition) is 0. The lowest BCUT2D eigenvalue weighted by molar-refractivity contribution is 0.0670. The number of carbonyl (C=O) groups is 1. The highest BCUT2D eigenvalue weighted by Gasteiger charge is 2.27. The third kappa shape index (κ3) is 5.00. The van der Waals surface area contributed by atoms with Crippen LogP contribution in [0.3, 0.4) is 0 Å². The number of hydrogen-bond acceptors (Lipinski definition) is 3. The van der Waals surface area contributed by atoms with E-state index in [1.807, 2.05) is 91.5 Å². The number of nitrogens with zero attached hydrogens (tertiary/aromatic N) is 3. The van der Waals surface area contributed by atoms with E-state index in [0.29, 0.717) is 28.8 Å². The minimum atomic E-state index is -0.113. The Labute approximate surface area is 205 Å². The number of para-hydroxylation sites is 2. The highest BCUT2D eigenvalue weighted by Crippen LogP contribution is 2.33. The molecule has 3 aromatic carbocycles. The third-order valence-corrected chi connectivity index (χ3v) is 6.24. The highest BCUT2D eigenvalue weighted by atomic mass is 35.5. The van der Waals surface area contributed by atoms with Crippen LogP contribution in [-0.4, -0.2) is 26.6 Å². The predicted octanol–water partition coefficient (Wildman–Crippen LogP) is 7.07. The molecule has 0 N–H and O–H groups in total. The van der Waals surface area contributed by atoms with E-state index in [0.717, 1.165) is 23.4 Å². The van der Waals surface area contributed by atoms with Gasteiger partial charge in [0.25, 0.3) is 5.91 Å². The Bertz CT molecular complexity index is 1260. The Kier molecular flexibility index (Phi) is 7.33. The molecule has 0 aliphatic heterocycles. The summed E-state index contributed by atoms with van der Waals surface area (Å²) >= 11 is 6.38. The fourth-order valence-electron chi connectivity index (χ4n) is 3.78. The molecule has 0 bridgehead atoms. The summed E-state index contributed by atoms with van der Waals surface area (Å²) in [5.41, 5.74) is 3.03. The van der Waals surface area contributed by atoms with Gasteiger partial charge in [-0.3, -0.25) is 4.79 Å². The van der Waals surface area contributed by atoms with Crippen molar-refractivity contribution in [3.8, 4) is 17.3 Å². The summed E-state index contributed by atoms with van der Waals surface area (Å²) < 4.78 is 8.17. The van der Waals surface area contributed by atoms with Crippen LogP contribution in [0.15, 0.2) is 84.9 Å². The summed E-state index contributed by atoms with van der Waals surface area (Å²) in [7, 11) is 0. The monoisotopic (exact) mass is 473 g/mol. The number of rotatable bonds is 8. The first-order chi connectivity index (χ1) is 16.5. The summed E-state index contributed by atoms with van der Waals surface area (Å²) in [5, 5.41) is 5.24. The highest BCUT2D eigenvalue weighted by molar-refractivity contribution is 6.33. The van der Waals surface area contributed by atoms with Crippen molar-refractivity contribution in [1.29, 1.82) is 0 Å². The molecule has 1 unspecified atom stereocenters. The third-order valence-electron chi connectivity index (χ3n) is 5.91. The van der Waals surface area contributed by atoms with Crippen molar-refractivity contribution in [2.45, 2.75) is 39.8 Å². The SMILES string of the molecule is CCC(C)N(Cc1c(C)nn(-c2ccccc2)c1Oc1ccccc1)C(=O)c1ccccc1Cl. The van der Waals surface area contributed by atoms with E-state index in [9.17, 15) is 4.79 Å². The molecular formula is C28H28ClN3O2. The number of amides is 1. The van der Waals surface area contributed by atoms with Crippen LogP contribution in [-0.2, 0) is 6.54 Å². The van der Waals surface area contributed by atoms with Crippen molar-refractivity contribution in [2.75, 3.05) is 0 Å². The van der Waals surface area contributed by atoms with E-state index < -0.39 is 0 Å². The van der Waals surface area contributed by atoms with Gasteiger partial charge in [0.05, 0.1) is 34.1 Å². The van der Waals surface area contributed by atoms with Crippen LogP contribution >= 0.6 is 11.6 Å². The Morgan fingerprint density at radius 2 is 1.62 bits per heavy atom. The van der Waals surface area contributed by atoms with E-state index in [1.165, 1.54) is 0 Å². The van der Waals surface area contributed by atoms with E-state index in [2.05, 4.69) is 6.92 Å². The van der Waals surface area contributed by atoms with Gasteiger partial charge in [-0.25, -0.2) is 4.68 Å². The van der Waals surface area contributed by atoms with Crippen LogP contribution < -0.4 is 4.74 Å². The van der Waals surface area contributed by atoms with Gasteiger partial charge in [-0.15, -0.1) is 0 Å². The molecule has 0 spiro atoms. The van der Waals surface area contributed by atoms with Crippen LogP contribution in [0.2, 0.25) is 5.02 Å². The standard InChI is InChI=1S/C28H28ClN3O2/c1-4-20(2)31(27(33)24-17-11-12-18-26(24)29)19-25-21(3)30-32(22-13-7-5-8-14-22)28(25)34-23-15-9-6-10-16-23/h5-18,20H,4,19H2,1-3H3. The molecule has 4 aromatic rings. The van der Waals surface area contributed by atoms with Crippen LogP contribution in [0, 0.1) is 6.92 Å². The number of ether oxygens (including phenoxy) is 1. The molecule has 1 aromatic heterocycles. The summed E-state index contributed by atoms with van der Waals surface area (Å²) in [6.45, 7) is 6.41. The van der Waals surface area contributed by atoms with Gasteiger partial charge in [-0.05, 0) is 56.7 Å². The lowest BCUT2D eigenvalue weighted by atomic mass is 10.1. The minimum absolute atomic E-state index is 0.00665. The molecule has 0 fully saturated rings. The molecule has 0 saturated carbocycles. The topological polar surface area (TPSA) is 47.4 Å². The lowest BCUT2D eigenvalue weighted by Gasteiger charge is -2.29. The molecule has 0 saturated heterocycles. The van der Waals surface area contributed by atoms with Gasteiger partial charge >= 0.3 is 0 Å². The molecule has 1 atom stereocenters. The molecule has 0 aliphatic carbocycles. The summed E-state index contributed by atoms with van der Waals surface area (Å²) in [6.07, 6.45) is 0.803. The largest absolute Gasteiger partial charge is 0.439 e. The van der Waals surface area contributed by atoms with Gasteiger partial charge in [-0.2, -0.15) is 5.10 Å². The summed E-state index contributed by atoms with van der Waals surface area (Å²) in [5.74, 6) is 1.18. The fraction of sp³-hybridized carbons (Fsp3) is 0.214. The molecule has 34 heavy (non-hydrogen) atoms. The first kappa shape index (κ1) is 23.6. The number of aryl methyl sites for hydroxylation is 1. The molecule has 0 aliphatic rings. The van der Waals surface area contributed by atoms with Gasteiger partial charge in [0.15, 0.2) is 0 Å². The van der Waals surface area contributed by atoms with Crippen molar-refractivity contribution < 1.29 is 9.53 Å². The van der Waals surface area contributed by atoms with Crippen LogP contribution in [0.1, 0.15) is 41.9 Å². The predicted molar refractivity (Wildman–Crippen MR) is 136 cm³/mol. The Balaban J connectivity index is 1.79. The number of aromatic nitrogens is 2. The van der Waals surface area contributed by atoms with Crippen LogP contribution in [0.4, 0.5) is 0 Å².